The van der Waals surface area contributed by atoms with Crippen LogP contribution in [0.4, 0.5) is 0 Å². The number of benzene rings is 1. The number of amides is 2. The molecular formula is C21H27ClN4O3S. The Morgan fingerprint density at radius 1 is 1.33 bits per heavy atom. The van der Waals surface area contributed by atoms with E-state index >= 15 is 0 Å². The predicted molar refractivity (Wildman–Crippen MR) is 118 cm³/mol. The Morgan fingerprint density at radius 2 is 2.03 bits per heavy atom. The van der Waals surface area contributed by atoms with E-state index in [0.29, 0.717) is 6.54 Å². The van der Waals surface area contributed by atoms with Gasteiger partial charge in [0.1, 0.15) is 6.04 Å². The number of likely N-dealkylation sites (tertiary alicyclic amines) is 1. The Bertz CT molecular complexity index is 900. The number of aryl methyl sites for hydroxylation is 1. The maximum absolute atomic E-state index is 12.7. The third-order valence-electron chi connectivity index (χ3n) is 5.71. The number of β-amino-alcohol motifs (C(OH)–C–C–N with tert-alkyl or cyclic N) is 1. The van der Waals surface area contributed by atoms with Gasteiger partial charge in [0, 0.05) is 19.5 Å². The lowest BCUT2D eigenvalue weighted by molar-refractivity contribution is -0.139. The number of nitrogens with zero attached hydrogens (tertiary/aromatic N) is 2. The van der Waals surface area contributed by atoms with Crippen molar-refractivity contribution in [2.24, 2.45) is 11.7 Å². The van der Waals surface area contributed by atoms with Crippen LogP contribution in [0.15, 0.2) is 29.8 Å². The average molecular weight is 451 g/mol. The first kappa shape index (κ1) is 22.7. The number of hydrogen-bond acceptors (Lipinski definition) is 6. The quantitative estimate of drug-likeness (QED) is 0.622. The second-order valence-electron chi connectivity index (χ2n) is 7.94. The number of rotatable bonds is 6. The number of aliphatic hydroxyl groups excluding tert-OH is 1. The number of carbonyl (C=O) groups excluding carboxylic acids is 2. The number of aromatic nitrogens is 1. The average Bonchev–Trinajstić information content (AvgIpc) is 3.37. The fourth-order valence-electron chi connectivity index (χ4n) is 3.81. The standard InChI is InChI=1S/C21H26N4O3S.ClH/c1-12-19(29-11-24-12)15-4-2-13(3-5-15)9-23-20(27)17-8-16(26)10-25(17)21(28)18(22)14-6-7-14;/h2-5,11,14,16-18,26H,6-10,22H2,1H3,(H,23,27);1H/t16-,17-,18?;/m1./s1. The van der Waals surface area contributed by atoms with Crippen molar-refractivity contribution in [2.75, 3.05) is 6.54 Å². The van der Waals surface area contributed by atoms with Crippen LogP contribution in [0.1, 0.15) is 30.5 Å². The van der Waals surface area contributed by atoms with Gasteiger partial charge >= 0.3 is 0 Å². The number of nitrogens with two attached hydrogens (primary N) is 1. The van der Waals surface area contributed by atoms with E-state index in [1.807, 2.05) is 36.7 Å². The highest BCUT2D eigenvalue weighted by Crippen LogP contribution is 2.33. The molecule has 2 fully saturated rings. The Hall–Kier alpha value is -2.00. The van der Waals surface area contributed by atoms with E-state index in [4.69, 9.17) is 5.73 Å². The van der Waals surface area contributed by atoms with E-state index in [0.717, 1.165) is 34.5 Å². The smallest absolute Gasteiger partial charge is 0.243 e. The second kappa shape index (κ2) is 9.43. The third-order valence-corrected chi connectivity index (χ3v) is 6.69. The van der Waals surface area contributed by atoms with Gasteiger partial charge in [0.15, 0.2) is 0 Å². The van der Waals surface area contributed by atoms with Gasteiger partial charge in [-0.15, -0.1) is 23.7 Å². The molecule has 162 valence electrons. The molecule has 1 saturated heterocycles. The molecule has 30 heavy (non-hydrogen) atoms. The first-order valence-electron chi connectivity index (χ1n) is 9.95. The van der Waals surface area contributed by atoms with Gasteiger partial charge in [0.2, 0.25) is 11.8 Å². The highest BCUT2D eigenvalue weighted by Gasteiger charge is 2.43. The summed E-state index contributed by atoms with van der Waals surface area (Å²) in [6.45, 7) is 2.52. The molecule has 1 unspecified atom stereocenters. The van der Waals surface area contributed by atoms with Gasteiger partial charge in [0.25, 0.3) is 0 Å². The zero-order valence-electron chi connectivity index (χ0n) is 16.8. The molecule has 1 saturated carbocycles. The van der Waals surface area contributed by atoms with Crippen LogP contribution in [0.5, 0.6) is 0 Å². The van der Waals surface area contributed by atoms with Crippen LogP contribution >= 0.6 is 23.7 Å². The fourth-order valence-corrected chi connectivity index (χ4v) is 4.63. The van der Waals surface area contributed by atoms with Crippen molar-refractivity contribution in [3.8, 4) is 10.4 Å². The maximum atomic E-state index is 12.7. The molecule has 4 rings (SSSR count). The summed E-state index contributed by atoms with van der Waals surface area (Å²) in [6.07, 6.45) is 1.47. The van der Waals surface area contributed by atoms with Gasteiger partial charge in [-0.3, -0.25) is 9.59 Å². The second-order valence-corrected chi connectivity index (χ2v) is 8.80. The Morgan fingerprint density at radius 3 is 2.63 bits per heavy atom. The van der Waals surface area contributed by atoms with Gasteiger partial charge < -0.3 is 21.1 Å². The van der Waals surface area contributed by atoms with Gasteiger partial charge in [0.05, 0.1) is 28.2 Å². The summed E-state index contributed by atoms with van der Waals surface area (Å²) in [5.74, 6) is -0.265. The lowest BCUT2D eigenvalue weighted by Gasteiger charge is -2.26. The van der Waals surface area contributed by atoms with Crippen molar-refractivity contribution in [1.29, 1.82) is 0 Å². The molecule has 0 bridgehead atoms. The molecule has 2 amide bonds. The molecule has 4 N–H and O–H groups in total. The van der Waals surface area contributed by atoms with Crippen LogP contribution in [0.25, 0.3) is 10.4 Å². The molecule has 0 spiro atoms. The van der Waals surface area contributed by atoms with E-state index in [-0.39, 0.29) is 43.1 Å². The first-order chi connectivity index (χ1) is 13.9. The van der Waals surface area contributed by atoms with Crippen LogP contribution in [-0.2, 0) is 16.1 Å². The van der Waals surface area contributed by atoms with Crippen LogP contribution in [0.3, 0.4) is 0 Å². The zero-order chi connectivity index (χ0) is 20.5. The van der Waals surface area contributed by atoms with Gasteiger partial charge in [-0.1, -0.05) is 24.3 Å². The van der Waals surface area contributed by atoms with Crippen LogP contribution in [0, 0.1) is 12.8 Å². The van der Waals surface area contributed by atoms with Crippen molar-refractivity contribution >= 4 is 35.6 Å². The largest absolute Gasteiger partial charge is 0.391 e. The van der Waals surface area contributed by atoms with Crippen molar-refractivity contribution in [3.63, 3.8) is 0 Å². The minimum absolute atomic E-state index is 0. The minimum atomic E-state index is -0.692. The summed E-state index contributed by atoms with van der Waals surface area (Å²) in [7, 11) is 0. The normalized spacial score (nSPS) is 21.8. The molecule has 9 heteroatoms. The maximum Gasteiger partial charge on any atom is 0.243 e. The molecule has 1 aliphatic heterocycles. The van der Waals surface area contributed by atoms with E-state index in [1.165, 1.54) is 4.90 Å². The zero-order valence-corrected chi connectivity index (χ0v) is 18.4. The van der Waals surface area contributed by atoms with Crippen LogP contribution in [-0.4, -0.2) is 51.5 Å². The molecule has 1 aliphatic carbocycles. The van der Waals surface area contributed by atoms with Crippen molar-refractivity contribution in [1.82, 2.24) is 15.2 Å². The minimum Gasteiger partial charge on any atom is -0.391 e. The summed E-state index contributed by atoms with van der Waals surface area (Å²) >= 11 is 1.60. The molecule has 7 nitrogen and oxygen atoms in total. The van der Waals surface area contributed by atoms with Gasteiger partial charge in [-0.25, -0.2) is 4.98 Å². The Balaban J connectivity index is 0.00000256. The number of nitrogens with one attached hydrogen (secondary N) is 1. The third kappa shape index (κ3) is 4.83. The van der Waals surface area contributed by atoms with Crippen molar-refractivity contribution in [2.45, 2.75) is 50.9 Å². The number of hydrogen-bond donors (Lipinski definition) is 3. The number of carbonyl (C=O) groups is 2. The highest BCUT2D eigenvalue weighted by molar-refractivity contribution is 7.13. The molecule has 1 aromatic carbocycles. The highest BCUT2D eigenvalue weighted by atomic mass is 35.5. The Labute approximate surface area is 186 Å². The molecule has 2 heterocycles. The van der Waals surface area contributed by atoms with E-state index in [9.17, 15) is 14.7 Å². The summed E-state index contributed by atoms with van der Waals surface area (Å²) in [5.41, 5.74) is 10.9. The van der Waals surface area contributed by atoms with E-state index in [2.05, 4.69) is 10.3 Å². The summed E-state index contributed by atoms with van der Waals surface area (Å²) < 4.78 is 0. The summed E-state index contributed by atoms with van der Waals surface area (Å²) in [6, 6.07) is 6.76. The van der Waals surface area contributed by atoms with Gasteiger partial charge in [-0.05, 0) is 36.8 Å². The van der Waals surface area contributed by atoms with Crippen molar-refractivity contribution in [3.05, 3.63) is 41.0 Å². The molecule has 2 aromatic rings. The lowest BCUT2D eigenvalue weighted by Crippen LogP contribution is -2.51. The molecule has 1 aromatic heterocycles. The van der Waals surface area contributed by atoms with E-state index in [1.54, 1.807) is 11.3 Å². The van der Waals surface area contributed by atoms with Crippen molar-refractivity contribution < 1.29 is 14.7 Å². The molecular weight excluding hydrogens is 424 g/mol. The predicted octanol–water partition coefficient (Wildman–Crippen LogP) is 1.86. The Kier molecular flexibility index (Phi) is 7.13. The first-order valence-corrected chi connectivity index (χ1v) is 10.8. The van der Waals surface area contributed by atoms with Crippen LogP contribution < -0.4 is 11.1 Å². The molecule has 0 radical (unpaired) electrons. The number of thiazole rings is 1. The fraction of sp³-hybridized carbons (Fsp3) is 0.476. The summed E-state index contributed by atoms with van der Waals surface area (Å²) in [4.78, 5) is 32.2. The van der Waals surface area contributed by atoms with E-state index < -0.39 is 18.2 Å². The molecule has 2 aliphatic rings. The van der Waals surface area contributed by atoms with Gasteiger partial charge in [-0.2, -0.15) is 0 Å². The number of aliphatic hydroxyl groups is 1. The molecule has 3 atom stereocenters. The monoisotopic (exact) mass is 450 g/mol. The summed E-state index contributed by atoms with van der Waals surface area (Å²) in [5, 5.41) is 12.9. The topological polar surface area (TPSA) is 109 Å². The lowest BCUT2D eigenvalue weighted by atomic mass is 10.1. The SMILES string of the molecule is Cc1ncsc1-c1ccc(CNC(=O)[C@H]2C[C@@H](O)CN2C(=O)C(N)C2CC2)cc1.Cl. The van der Waals surface area contributed by atoms with Crippen LogP contribution in [0.2, 0.25) is 0 Å². The number of halogens is 1.